The Labute approximate surface area is 159 Å². The van der Waals surface area contributed by atoms with Gasteiger partial charge in [-0.25, -0.2) is 13.1 Å². The first-order valence-corrected chi connectivity index (χ1v) is 8.74. The van der Waals surface area contributed by atoms with E-state index in [1.54, 1.807) is 18.2 Å². The molecule has 0 saturated carbocycles. The lowest BCUT2D eigenvalue weighted by molar-refractivity contribution is 0.582. The third-order valence-corrected chi connectivity index (χ3v) is 4.23. The second-order valence-electron chi connectivity index (χ2n) is 4.29. The minimum atomic E-state index is -3.57. The second-order valence-corrected chi connectivity index (χ2v) is 6.49. The van der Waals surface area contributed by atoms with Crippen molar-refractivity contribution in [2.24, 2.45) is 4.99 Å². The van der Waals surface area contributed by atoms with Crippen LogP contribution in [-0.4, -0.2) is 40.6 Å². The largest absolute Gasteiger partial charge is 0.357 e. The van der Waals surface area contributed by atoms with E-state index in [4.69, 9.17) is 11.6 Å². The zero-order chi connectivity index (χ0) is 16.4. The summed E-state index contributed by atoms with van der Waals surface area (Å²) in [4.78, 5) is 4.40. The lowest BCUT2D eigenvalue weighted by atomic mass is 10.4. The van der Waals surface area contributed by atoms with E-state index in [2.05, 4.69) is 26.9 Å². The smallest absolute Gasteiger partial charge is 0.240 e. The molecule has 3 N–H and O–H groups in total. The number of benzene rings is 1. The van der Waals surface area contributed by atoms with Gasteiger partial charge in [-0.3, -0.25) is 4.99 Å². The Hall–Kier alpha value is -0.840. The molecule has 0 bridgehead atoms. The van der Waals surface area contributed by atoms with Gasteiger partial charge in [0.2, 0.25) is 10.0 Å². The predicted octanol–water partition coefficient (Wildman–Crippen LogP) is 1.98. The summed E-state index contributed by atoms with van der Waals surface area (Å²) in [6.07, 6.45) is 1.72. The molecule has 0 spiro atoms. The Balaban J connectivity index is 0.00000484. The molecule has 0 fully saturated rings. The minimum absolute atomic E-state index is 0. The Kier molecular flexibility index (Phi) is 11.2. The van der Waals surface area contributed by atoms with Crippen molar-refractivity contribution in [3.05, 3.63) is 41.9 Å². The average molecular weight is 473 g/mol. The van der Waals surface area contributed by atoms with E-state index in [1.807, 2.05) is 6.92 Å². The van der Waals surface area contributed by atoms with Crippen LogP contribution in [0.1, 0.15) is 6.92 Å². The third-order valence-electron chi connectivity index (χ3n) is 2.54. The van der Waals surface area contributed by atoms with Gasteiger partial charge in [-0.2, -0.15) is 0 Å². The summed E-state index contributed by atoms with van der Waals surface area (Å²) >= 11 is 5.80. The summed E-state index contributed by atoms with van der Waals surface area (Å²) in [5.74, 6) is 0.615. The summed E-state index contributed by atoms with van der Waals surface area (Å²) in [5.41, 5.74) is 0. The van der Waals surface area contributed by atoms with E-state index in [1.165, 1.54) is 12.1 Å². The van der Waals surface area contributed by atoms with Crippen LogP contribution in [0.2, 0.25) is 5.02 Å². The van der Waals surface area contributed by atoms with Crippen LogP contribution in [0.15, 0.2) is 46.8 Å². The van der Waals surface area contributed by atoms with Crippen molar-refractivity contribution < 1.29 is 8.42 Å². The van der Waals surface area contributed by atoms with Gasteiger partial charge in [-0.15, -0.1) is 30.6 Å². The summed E-state index contributed by atoms with van der Waals surface area (Å²) in [5, 5.41) is 6.46. The fraction of sp³-hybridized carbons (Fsp3) is 0.357. The van der Waals surface area contributed by atoms with Gasteiger partial charge >= 0.3 is 0 Å². The van der Waals surface area contributed by atoms with Crippen molar-refractivity contribution in [3.8, 4) is 0 Å². The molecule has 0 radical (unpaired) electrons. The first-order valence-electron chi connectivity index (χ1n) is 6.88. The van der Waals surface area contributed by atoms with E-state index in [-0.39, 0.29) is 35.4 Å². The van der Waals surface area contributed by atoms with Gasteiger partial charge in [0.15, 0.2) is 5.96 Å². The number of hydrogen-bond acceptors (Lipinski definition) is 3. The van der Waals surface area contributed by atoms with Gasteiger partial charge in [-0.1, -0.05) is 23.7 Å². The fourth-order valence-corrected chi connectivity index (χ4v) is 2.90. The normalized spacial score (nSPS) is 11.5. The molecule has 1 aromatic carbocycles. The maximum atomic E-state index is 12.1. The highest BCUT2D eigenvalue weighted by atomic mass is 127. The highest BCUT2D eigenvalue weighted by Crippen LogP contribution is 2.14. The molecule has 130 valence electrons. The Bertz CT molecular complexity index is 623. The third kappa shape index (κ3) is 8.54. The lowest BCUT2D eigenvalue weighted by Gasteiger charge is -2.10. The number of nitrogens with one attached hydrogen (secondary N) is 3. The zero-order valence-electron chi connectivity index (χ0n) is 12.9. The lowest BCUT2D eigenvalue weighted by Crippen LogP contribution is -2.38. The van der Waals surface area contributed by atoms with Gasteiger partial charge in [0.25, 0.3) is 0 Å². The van der Waals surface area contributed by atoms with Crippen molar-refractivity contribution in [1.82, 2.24) is 15.4 Å². The molecular formula is C14H22ClIN4O2S. The number of rotatable bonds is 8. The van der Waals surface area contributed by atoms with Crippen molar-refractivity contribution in [1.29, 1.82) is 0 Å². The average Bonchev–Trinajstić information content (AvgIpc) is 2.49. The number of aliphatic imine (C=N–C) groups is 1. The van der Waals surface area contributed by atoms with Crippen LogP contribution in [-0.2, 0) is 10.0 Å². The van der Waals surface area contributed by atoms with Gasteiger partial charge in [-0.05, 0) is 25.1 Å². The van der Waals surface area contributed by atoms with Gasteiger partial charge in [0.05, 0.1) is 11.4 Å². The van der Waals surface area contributed by atoms with Crippen molar-refractivity contribution in [3.63, 3.8) is 0 Å². The summed E-state index contributed by atoms with van der Waals surface area (Å²) in [6, 6.07) is 6.12. The van der Waals surface area contributed by atoms with E-state index >= 15 is 0 Å². The highest BCUT2D eigenvalue weighted by molar-refractivity contribution is 14.0. The molecule has 0 aliphatic heterocycles. The highest BCUT2D eigenvalue weighted by Gasteiger charge is 2.13. The van der Waals surface area contributed by atoms with Crippen LogP contribution < -0.4 is 15.4 Å². The van der Waals surface area contributed by atoms with Crippen LogP contribution in [0.4, 0.5) is 0 Å². The van der Waals surface area contributed by atoms with Crippen molar-refractivity contribution in [2.75, 3.05) is 26.2 Å². The molecule has 23 heavy (non-hydrogen) atoms. The first kappa shape index (κ1) is 22.2. The second kappa shape index (κ2) is 11.7. The Morgan fingerprint density at radius 2 is 2.13 bits per heavy atom. The number of sulfonamides is 1. The van der Waals surface area contributed by atoms with Gasteiger partial charge in [0.1, 0.15) is 0 Å². The minimum Gasteiger partial charge on any atom is -0.357 e. The topological polar surface area (TPSA) is 82.6 Å². The molecule has 0 atom stereocenters. The maximum Gasteiger partial charge on any atom is 0.240 e. The van der Waals surface area contributed by atoms with Crippen LogP contribution in [0, 0.1) is 0 Å². The van der Waals surface area contributed by atoms with Crippen LogP contribution in [0.25, 0.3) is 0 Å². The molecular weight excluding hydrogens is 451 g/mol. The number of halogens is 2. The van der Waals surface area contributed by atoms with Crippen molar-refractivity contribution >= 4 is 51.6 Å². The molecule has 0 aromatic heterocycles. The van der Waals surface area contributed by atoms with Gasteiger partial charge < -0.3 is 10.6 Å². The number of hydrogen-bond donors (Lipinski definition) is 3. The molecule has 0 saturated heterocycles. The molecule has 9 heteroatoms. The zero-order valence-corrected chi connectivity index (χ0v) is 16.8. The summed E-state index contributed by atoms with van der Waals surface area (Å²) in [6.45, 7) is 7.37. The Morgan fingerprint density at radius 1 is 1.39 bits per heavy atom. The molecule has 6 nitrogen and oxygen atoms in total. The molecule has 0 unspecified atom stereocenters. The maximum absolute atomic E-state index is 12.1. The molecule has 0 heterocycles. The SMILES string of the molecule is C=CCNC(=NCCNS(=O)(=O)c1cccc(Cl)c1)NCC.I. The molecule has 0 aliphatic carbocycles. The number of nitrogens with zero attached hydrogens (tertiary/aromatic N) is 1. The van der Waals surface area contributed by atoms with Crippen LogP contribution in [0.5, 0.6) is 0 Å². The Morgan fingerprint density at radius 3 is 2.74 bits per heavy atom. The first-order chi connectivity index (χ1) is 10.5. The monoisotopic (exact) mass is 472 g/mol. The number of guanidine groups is 1. The van der Waals surface area contributed by atoms with Crippen LogP contribution >= 0.6 is 35.6 Å². The quantitative estimate of drug-likeness (QED) is 0.178. The summed E-state index contributed by atoms with van der Waals surface area (Å²) in [7, 11) is -3.57. The predicted molar refractivity (Wildman–Crippen MR) is 106 cm³/mol. The molecule has 1 rings (SSSR count). The van der Waals surface area contributed by atoms with Crippen LogP contribution in [0.3, 0.4) is 0 Å². The van der Waals surface area contributed by atoms with Gasteiger partial charge in [0, 0.05) is 24.7 Å². The summed E-state index contributed by atoms with van der Waals surface area (Å²) < 4.78 is 26.6. The van der Waals surface area contributed by atoms with Crippen molar-refractivity contribution in [2.45, 2.75) is 11.8 Å². The van der Waals surface area contributed by atoms with E-state index in [0.717, 1.165) is 6.54 Å². The molecule has 1 aromatic rings. The fourth-order valence-electron chi connectivity index (χ4n) is 1.58. The standard InChI is InChI=1S/C14H21ClN4O2S.HI/c1-3-8-17-14(16-4-2)18-9-10-19-22(20,21)13-7-5-6-12(15)11-13;/h3,5-7,11,19H,1,4,8-10H2,2H3,(H2,16,17,18);1H. The molecule has 0 amide bonds. The van der Waals surface area contributed by atoms with E-state index < -0.39 is 10.0 Å². The van der Waals surface area contributed by atoms with E-state index in [0.29, 0.717) is 24.1 Å². The van der Waals surface area contributed by atoms with E-state index in [9.17, 15) is 8.42 Å². The molecule has 0 aliphatic rings.